The fourth-order valence-electron chi connectivity index (χ4n) is 3.18. The van der Waals surface area contributed by atoms with Crippen LogP contribution in [0.3, 0.4) is 0 Å². The van der Waals surface area contributed by atoms with Gasteiger partial charge in [-0.05, 0) is 19.1 Å². The average Bonchev–Trinajstić information content (AvgIpc) is 3.37. The number of nitrogen functional groups attached to an aromatic ring is 1. The molecule has 1 amide bonds. The zero-order chi connectivity index (χ0) is 20.8. The van der Waals surface area contributed by atoms with Gasteiger partial charge in [-0.2, -0.15) is 0 Å². The Morgan fingerprint density at radius 1 is 1.24 bits per heavy atom. The highest BCUT2D eigenvalue weighted by atomic mass is 32.1. The molecule has 0 saturated heterocycles. The van der Waals surface area contributed by atoms with Gasteiger partial charge < -0.3 is 25.5 Å². The third-order valence-electron chi connectivity index (χ3n) is 4.51. The van der Waals surface area contributed by atoms with E-state index in [0.29, 0.717) is 17.0 Å². The second kappa shape index (κ2) is 9.40. The number of carbonyl (C=O) groups is 2. The standard InChI is InChI=1S/C21H23N3O4S/c1-3-27-21(26)16-14(18(20(25)23-2)29-19(16)22)12-24-17(15-10-7-11-28-15)13-8-5-4-6-9-13/h4-11,17,24H,3,12,22H2,1-2H3,(H,23,25)/p+1/t17-/m1/s1. The van der Waals surface area contributed by atoms with Crippen molar-refractivity contribution in [1.29, 1.82) is 0 Å². The molecule has 0 spiro atoms. The second-order valence-electron chi connectivity index (χ2n) is 6.29. The van der Waals surface area contributed by atoms with E-state index in [4.69, 9.17) is 14.9 Å². The van der Waals surface area contributed by atoms with Crippen molar-refractivity contribution < 1.29 is 24.1 Å². The molecule has 2 aromatic heterocycles. The first kappa shape index (κ1) is 20.6. The van der Waals surface area contributed by atoms with Crippen LogP contribution in [-0.2, 0) is 11.3 Å². The summed E-state index contributed by atoms with van der Waals surface area (Å²) in [7, 11) is 1.55. The number of thiophene rings is 1. The first-order chi connectivity index (χ1) is 14.1. The minimum atomic E-state index is -0.519. The lowest BCUT2D eigenvalue weighted by Crippen LogP contribution is -2.84. The van der Waals surface area contributed by atoms with E-state index in [1.54, 1.807) is 20.2 Å². The second-order valence-corrected chi connectivity index (χ2v) is 7.34. The maximum Gasteiger partial charge on any atom is 0.341 e. The Morgan fingerprint density at radius 2 is 2.00 bits per heavy atom. The summed E-state index contributed by atoms with van der Waals surface area (Å²) in [5, 5.41) is 4.91. The van der Waals surface area contributed by atoms with E-state index in [1.807, 2.05) is 47.8 Å². The molecule has 1 atom stereocenters. The van der Waals surface area contributed by atoms with Crippen molar-refractivity contribution >= 4 is 28.2 Å². The molecule has 0 bridgehead atoms. The molecule has 0 saturated carbocycles. The van der Waals surface area contributed by atoms with Crippen molar-refractivity contribution in [1.82, 2.24) is 5.32 Å². The minimum absolute atomic E-state index is 0.139. The van der Waals surface area contributed by atoms with E-state index >= 15 is 0 Å². The largest absolute Gasteiger partial charge is 0.463 e. The number of carbonyl (C=O) groups excluding carboxylic acids is 2. The van der Waals surface area contributed by atoms with Crippen molar-refractivity contribution in [2.75, 3.05) is 19.4 Å². The number of nitrogens with two attached hydrogens (primary N) is 2. The summed E-state index contributed by atoms with van der Waals surface area (Å²) in [6.07, 6.45) is 1.63. The van der Waals surface area contributed by atoms with Crippen molar-refractivity contribution in [2.24, 2.45) is 0 Å². The van der Waals surface area contributed by atoms with E-state index in [2.05, 4.69) is 5.32 Å². The summed E-state index contributed by atoms with van der Waals surface area (Å²) in [6.45, 7) is 2.31. The Hall–Kier alpha value is -3.10. The number of quaternary nitrogens is 1. The Bertz CT molecular complexity index is 967. The average molecular weight is 415 g/mol. The molecule has 3 aromatic rings. The van der Waals surface area contributed by atoms with Gasteiger partial charge in [-0.15, -0.1) is 11.3 Å². The fourth-order valence-corrected chi connectivity index (χ4v) is 4.22. The third kappa shape index (κ3) is 4.49. The van der Waals surface area contributed by atoms with E-state index in [1.165, 1.54) is 0 Å². The van der Waals surface area contributed by atoms with Crippen LogP contribution in [0.4, 0.5) is 5.00 Å². The fraction of sp³-hybridized carbons (Fsp3) is 0.238. The molecule has 29 heavy (non-hydrogen) atoms. The molecule has 0 unspecified atom stereocenters. The Balaban J connectivity index is 1.97. The first-order valence-electron chi connectivity index (χ1n) is 9.28. The highest BCUT2D eigenvalue weighted by Crippen LogP contribution is 2.32. The molecule has 0 aliphatic carbocycles. The number of rotatable bonds is 8. The van der Waals surface area contributed by atoms with E-state index in [0.717, 1.165) is 22.7 Å². The normalized spacial score (nSPS) is 11.8. The zero-order valence-electron chi connectivity index (χ0n) is 16.3. The molecule has 3 rings (SSSR count). The lowest BCUT2D eigenvalue weighted by atomic mass is 10.0. The molecule has 0 radical (unpaired) electrons. The highest BCUT2D eigenvalue weighted by Gasteiger charge is 2.29. The number of anilines is 1. The zero-order valence-corrected chi connectivity index (χ0v) is 17.1. The summed E-state index contributed by atoms with van der Waals surface area (Å²) in [6, 6.07) is 13.5. The third-order valence-corrected chi connectivity index (χ3v) is 5.57. The number of hydrogen-bond acceptors (Lipinski definition) is 6. The van der Waals surface area contributed by atoms with Crippen LogP contribution in [0.2, 0.25) is 0 Å². The van der Waals surface area contributed by atoms with Crippen LogP contribution in [0.15, 0.2) is 53.1 Å². The van der Waals surface area contributed by atoms with Crippen LogP contribution in [0.5, 0.6) is 0 Å². The van der Waals surface area contributed by atoms with Gasteiger partial charge in [-0.25, -0.2) is 4.79 Å². The van der Waals surface area contributed by atoms with Crippen LogP contribution in [0.1, 0.15) is 49.9 Å². The lowest BCUT2D eigenvalue weighted by Gasteiger charge is -2.15. The topological polar surface area (TPSA) is 111 Å². The van der Waals surface area contributed by atoms with E-state index < -0.39 is 5.97 Å². The summed E-state index contributed by atoms with van der Waals surface area (Å²) < 4.78 is 10.8. The maximum absolute atomic E-state index is 12.5. The number of ether oxygens (including phenoxy) is 1. The van der Waals surface area contributed by atoms with Gasteiger partial charge in [-0.1, -0.05) is 30.3 Å². The van der Waals surface area contributed by atoms with Gasteiger partial charge in [0.1, 0.15) is 22.0 Å². The van der Waals surface area contributed by atoms with E-state index in [-0.39, 0.29) is 29.1 Å². The molecular weight excluding hydrogens is 390 g/mol. The van der Waals surface area contributed by atoms with Crippen molar-refractivity contribution in [3.63, 3.8) is 0 Å². The first-order valence-corrected chi connectivity index (χ1v) is 10.1. The number of nitrogens with one attached hydrogen (secondary N) is 1. The molecule has 0 fully saturated rings. The van der Waals surface area contributed by atoms with Gasteiger partial charge in [0.2, 0.25) is 0 Å². The number of hydrogen-bond donors (Lipinski definition) is 3. The molecule has 0 aliphatic rings. The van der Waals surface area contributed by atoms with Gasteiger partial charge in [0.05, 0.1) is 12.9 Å². The molecule has 1 aromatic carbocycles. The molecule has 0 aliphatic heterocycles. The molecule has 2 heterocycles. The van der Waals surface area contributed by atoms with Gasteiger partial charge in [0, 0.05) is 18.2 Å². The van der Waals surface area contributed by atoms with Gasteiger partial charge in [0.15, 0.2) is 11.8 Å². The molecule has 8 heteroatoms. The number of esters is 1. The minimum Gasteiger partial charge on any atom is -0.463 e. The summed E-state index contributed by atoms with van der Waals surface area (Å²) in [5.41, 5.74) is 7.96. The van der Waals surface area contributed by atoms with Gasteiger partial charge in [0.25, 0.3) is 5.91 Å². The highest BCUT2D eigenvalue weighted by molar-refractivity contribution is 7.18. The van der Waals surface area contributed by atoms with Crippen molar-refractivity contribution in [2.45, 2.75) is 19.5 Å². The van der Waals surface area contributed by atoms with Crippen LogP contribution in [0.25, 0.3) is 0 Å². The summed E-state index contributed by atoms with van der Waals surface area (Å²) >= 11 is 1.09. The van der Waals surface area contributed by atoms with Crippen LogP contribution in [0, 0.1) is 0 Å². The number of benzene rings is 1. The predicted octanol–water partition coefficient (Wildman–Crippen LogP) is 2.31. The molecular formula is C21H24N3O4S+. The van der Waals surface area contributed by atoms with Gasteiger partial charge in [-0.3, -0.25) is 4.79 Å². The molecule has 152 valence electrons. The Morgan fingerprint density at radius 3 is 2.62 bits per heavy atom. The van der Waals surface area contributed by atoms with Crippen LogP contribution < -0.4 is 16.4 Å². The molecule has 5 N–H and O–H groups in total. The molecule has 7 nitrogen and oxygen atoms in total. The van der Waals surface area contributed by atoms with Crippen molar-refractivity contribution in [3.8, 4) is 0 Å². The quantitative estimate of drug-likeness (QED) is 0.490. The SMILES string of the molecule is CCOC(=O)c1c(N)sc(C(=O)NC)c1C[NH2+][C@H](c1ccccc1)c1ccco1. The maximum atomic E-state index is 12.5. The van der Waals surface area contributed by atoms with E-state index in [9.17, 15) is 9.59 Å². The van der Waals surface area contributed by atoms with Gasteiger partial charge >= 0.3 is 5.97 Å². The van der Waals surface area contributed by atoms with Crippen LogP contribution in [-0.4, -0.2) is 25.5 Å². The summed E-state index contributed by atoms with van der Waals surface area (Å²) in [4.78, 5) is 25.3. The number of furan rings is 1. The predicted molar refractivity (Wildman–Crippen MR) is 111 cm³/mol. The smallest absolute Gasteiger partial charge is 0.341 e. The van der Waals surface area contributed by atoms with Crippen molar-refractivity contribution in [3.05, 3.63) is 76.1 Å². The lowest BCUT2D eigenvalue weighted by molar-refractivity contribution is -0.704. The monoisotopic (exact) mass is 414 g/mol. The number of amides is 1. The summed E-state index contributed by atoms with van der Waals surface area (Å²) in [5.74, 6) is -0.0254. The van der Waals surface area contributed by atoms with Crippen LogP contribution >= 0.6 is 11.3 Å². The Kier molecular flexibility index (Phi) is 6.69. The Labute approximate surface area is 172 Å².